The second-order valence-electron chi connectivity index (χ2n) is 7.43. The normalized spacial score (nSPS) is 19.7. The Morgan fingerprint density at radius 1 is 1.14 bits per heavy atom. The molecule has 1 atom stereocenters. The van der Waals surface area contributed by atoms with E-state index >= 15 is 0 Å². The van der Waals surface area contributed by atoms with Crippen LogP contribution < -0.4 is 0 Å². The van der Waals surface area contributed by atoms with E-state index in [0.29, 0.717) is 30.1 Å². The van der Waals surface area contributed by atoms with Crippen LogP contribution in [0.4, 0.5) is 13.2 Å². The van der Waals surface area contributed by atoms with E-state index in [2.05, 4.69) is 5.10 Å². The van der Waals surface area contributed by atoms with Gasteiger partial charge in [0.25, 0.3) is 0 Å². The van der Waals surface area contributed by atoms with Gasteiger partial charge in [-0.3, -0.25) is 9.48 Å². The van der Waals surface area contributed by atoms with E-state index < -0.39 is 11.9 Å². The fourth-order valence-corrected chi connectivity index (χ4v) is 4.47. The molecule has 1 aromatic carbocycles. The zero-order chi connectivity index (χ0) is 19.9. The lowest BCUT2D eigenvalue weighted by Gasteiger charge is -2.26. The van der Waals surface area contributed by atoms with E-state index in [9.17, 15) is 18.0 Å². The highest BCUT2D eigenvalue weighted by Gasteiger charge is 2.40. The molecule has 2 aliphatic rings. The predicted molar refractivity (Wildman–Crippen MR) is 99.0 cm³/mol. The van der Waals surface area contributed by atoms with E-state index in [1.165, 1.54) is 4.68 Å². The molecule has 1 amide bonds. The summed E-state index contributed by atoms with van der Waals surface area (Å²) < 4.78 is 41.4. The fraction of sp³-hybridized carbons (Fsp3) is 0.500. The van der Waals surface area contributed by atoms with Crippen LogP contribution in [0.1, 0.15) is 54.2 Å². The highest BCUT2D eigenvalue weighted by Crippen LogP contribution is 2.36. The highest BCUT2D eigenvalue weighted by molar-refractivity contribution is 6.30. The number of hydrogen-bond donors (Lipinski definition) is 0. The first kappa shape index (κ1) is 19.3. The van der Waals surface area contributed by atoms with Crippen LogP contribution in [0, 0.1) is 0 Å². The summed E-state index contributed by atoms with van der Waals surface area (Å²) in [5, 5.41) is 4.44. The number of amides is 1. The molecule has 4 rings (SSSR count). The molecule has 28 heavy (non-hydrogen) atoms. The number of nitrogens with zero attached hydrogens (tertiary/aromatic N) is 3. The third-order valence-electron chi connectivity index (χ3n) is 5.64. The number of likely N-dealkylation sites (tertiary alicyclic amines) is 1. The minimum absolute atomic E-state index is 0.0711. The van der Waals surface area contributed by atoms with Crippen molar-refractivity contribution >= 4 is 17.5 Å². The minimum Gasteiger partial charge on any atom is -0.334 e. The molecule has 1 unspecified atom stereocenters. The lowest BCUT2D eigenvalue weighted by molar-refractivity contribution is -0.142. The van der Waals surface area contributed by atoms with Gasteiger partial charge < -0.3 is 4.90 Å². The van der Waals surface area contributed by atoms with Gasteiger partial charge in [-0.2, -0.15) is 18.3 Å². The van der Waals surface area contributed by atoms with E-state index in [1.54, 1.807) is 17.0 Å². The van der Waals surface area contributed by atoms with Crippen molar-refractivity contribution in [1.29, 1.82) is 0 Å². The van der Waals surface area contributed by atoms with Gasteiger partial charge in [-0.1, -0.05) is 23.7 Å². The smallest absolute Gasteiger partial charge is 0.334 e. The van der Waals surface area contributed by atoms with Gasteiger partial charge in [-0.15, -0.1) is 0 Å². The number of carbonyl (C=O) groups excluding carboxylic acids is 1. The van der Waals surface area contributed by atoms with Crippen molar-refractivity contribution in [2.75, 3.05) is 6.54 Å². The zero-order valence-electron chi connectivity index (χ0n) is 15.3. The van der Waals surface area contributed by atoms with Gasteiger partial charge in [-0.05, 0) is 56.2 Å². The molecule has 8 heteroatoms. The number of fused-ring (bicyclic) bond motifs is 1. The highest BCUT2D eigenvalue weighted by atomic mass is 35.5. The lowest BCUT2D eigenvalue weighted by Crippen LogP contribution is -2.34. The van der Waals surface area contributed by atoms with Gasteiger partial charge in [0.2, 0.25) is 5.91 Å². The van der Waals surface area contributed by atoms with Crippen molar-refractivity contribution < 1.29 is 18.0 Å². The number of halogens is 4. The number of hydrogen-bond acceptors (Lipinski definition) is 2. The molecule has 0 radical (unpaired) electrons. The van der Waals surface area contributed by atoms with E-state index in [1.807, 2.05) is 12.1 Å². The second-order valence-corrected chi connectivity index (χ2v) is 7.87. The van der Waals surface area contributed by atoms with Crippen molar-refractivity contribution in [3.8, 4) is 0 Å². The van der Waals surface area contributed by atoms with Gasteiger partial charge >= 0.3 is 6.18 Å². The molecule has 0 spiro atoms. The molecule has 2 aromatic rings. The Kier molecular flexibility index (Phi) is 5.12. The summed E-state index contributed by atoms with van der Waals surface area (Å²) in [5.74, 6) is -0.193. The minimum atomic E-state index is -4.49. The van der Waals surface area contributed by atoms with E-state index in [-0.39, 0.29) is 24.1 Å². The van der Waals surface area contributed by atoms with Crippen molar-refractivity contribution in [2.45, 2.75) is 57.3 Å². The zero-order valence-corrected chi connectivity index (χ0v) is 16.1. The van der Waals surface area contributed by atoms with Crippen LogP contribution in [0.15, 0.2) is 24.3 Å². The molecule has 1 aliphatic carbocycles. The number of benzene rings is 1. The Morgan fingerprint density at radius 3 is 2.57 bits per heavy atom. The van der Waals surface area contributed by atoms with Crippen molar-refractivity contribution in [3.05, 3.63) is 51.8 Å². The summed E-state index contributed by atoms with van der Waals surface area (Å²) >= 11 is 5.95. The average molecular weight is 412 g/mol. The summed E-state index contributed by atoms with van der Waals surface area (Å²) in [5.41, 5.74) is 0.996. The van der Waals surface area contributed by atoms with Gasteiger partial charge in [0.15, 0.2) is 5.69 Å². The second kappa shape index (κ2) is 7.43. The summed E-state index contributed by atoms with van der Waals surface area (Å²) in [6, 6.07) is 7.30. The Morgan fingerprint density at radius 2 is 1.86 bits per heavy atom. The Bertz CT molecular complexity index is 876. The van der Waals surface area contributed by atoms with Gasteiger partial charge in [0.1, 0.15) is 6.54 Å². The average Bonchev–Trinajstić information content (AvgIpc) is 3.28. The third-order valence-corrected chi connectivity index (χ3v) is 5.89. The van der Waals surface area contributed by atoms with E-state index in [0.717, 1.165) is 31.2 Å². The molecule has 0 N–H and O–H groups in total. The standard InChI is InChI=1S/C20H21ClF3N3O/c21-14-9-7-13(8-10-14)16-6-3-11-26(16)18(28)12-27-17-5-2-1-4-15(17)19(25-27)20(22,23)24/h7-10,16H,1-6,11-12H2. The van der Waals surface area contributed by atoms with Crippen molar-refractivity contribution in [1.82, 2.24) is 14.7 Å². The maximum Gasteiger partial charge on any atom is 0.435 e. The Labute approximate surface area is 166 Å². The molecule has 1 saturated heterocycles. The van der Waals surface area contributed by atoms with Crippen LogP contribution in [0.25, 0.3) is 0 Å². The molecule has 1 fully saturated rings. The van der Waals surface area contributed by atoms with Crippen molar-refractivity contribution in [3.63, 3.8) is 0 Å². The van der Waals surface area contributed by atoms with Gasteiger partial charge in [0.05, 0.1) is 6.04 Å². The molecule has 150 valence electrons. The number of alkyl halides is 3. The first-order valence-electron chi connectivity index (χ1n) is 9.55. The first-order chi connectivity index (χ1) is 13.3. The lowest BCUT2D eigenvalue weighted by atomic mass is 9.95. The summed E-state index contributed by atoms with van der Waals surface area (Å²) in [6.45, 7) is 0.449. The van der Waals surface area contributed by atoms with Crippen molar-refractivity contribution in [2.24, 2.45) is 0 Å². The molecular weight excluding hydrogens is 391 g/mol. The van der Waals surface area contributed by atoms with Gasteiger partial charge in [-0.25, -0.2) is 0 Å². The summed E-state index contributed by atoms with van der Waals surface area (Å²) in [6.07, 6.45) is -0.346. The molecular formula is C20H21ClF3N3O. The predicted octanol–water partition coefficient (Wildman–Crippen LogP) is 4.80. The van der Waals surface area contributed by atoms with Crippen LogP contribution in [0.2, 0.25) is 5.02 Å². The molecule has 4 nitrogen and oxygen atoms in total. The Balaban J connectivity index is 1.58. The Hall–Kier alpha value is -2.02. The summed E-state index contributed by atoms with van der Waals surface area (Å²) in [4.78, 5) is 14.7. The van der Waals surface area contributed by atoms with Crippen LogP contribution in [-0.2, 0) is 30.4 Å². The largest absolute Gasteiger partial charge is 0.435 e. The fourth-order valence-electron chi connectivity index (χ4n) is 4.34. The SMILES string of the molecule is O=C(Cn1nc(C(F)(F)F)c2c1CCCC2)N1CCCC1c1ccc(Cl)cc1. The van der Waals surface area contributed by atoms with E-state index in [4.69, 9.17) is 11.6 Å². The molecule has 1 aliphatic heterocycles. The maximum atomic E-state index is 13.4. The summed E-state index contributed by atoms with van der Waals surface area (Å²) in [7, 11) is 0. The quantitative estimate of drug-likeness (QED) is 0.727. The molecule has 1 aromatic heterocycles. The number of aromatic nitrogens is 2. The molecule has 0 bridgehead atoms. The topological polar surface area (TPSA) is 38.1 Å². The van der Waals surface area contributed by atoms with Crippen LogP contribution in [0.5, 0.6) is 0 Å². The van der Waals surface area contributed by atoms with Crippen LogP contribution >= 0.6 is 11.6 Å². The number of rotatable bonds is 3. The van der Waals surface area contributed by atoms with Crippen LogP contribution in [0.3, 0.4) is 0 Å². The number of carbonyl (C=O) groups is 1. The van der Waals surface area contributed by atoms with Gasteiger partial charge in [0, 0.05) is 22.8 Å². The third kappa shape index (κ3) is 3.64. The monoisotopic (exact) mass is 411 g/mol. The van der Waals surface area contributed by atoms with Crippen LogP contribution in [-0.4, -0.2) is 27.1 Å². The maximum absolute atomic E-state index is 13.4. The molecule has 0 saturated carbocycles. The first-order valence-corrected chi connectivity index (χ1v) is 9.93. The molecule has 2 heterocycles.